The number of amides is 1. The van der Waals surface area contributed by atoms with Crippen molar-refractivity contribution in [1.29, 1.82) is 0 Å². The third-order valence-electron chi connectivity index (χ3n) is 6.98. The maximum Gasteiger partial charge on any atom is 0.227 e. The Kier molecular flexibility index (Phi) is 5.05. The Morgan fingerprint density at radius 1 is 0.903 bits per heavy atom. The first-order valence-electron chi connectivity index (χ1n) is 11.3. The van der Waals surface area contributed by atoms with Crippen LogP contribution in [0.25, 0.3) is 0 Å². The van der Waals surface area contributed by atoms with E-state index in [0.717, 1.165) is 24.9 Å². The van der Waals surface area contributed by atoms with Gasteiger partial charge in [-0.15, -0.1) is 0 Å². The Hall–Kier alpha value is -3.07. The fraction of sp³-hybridized carbons (Fsp3) is 0.321. The molecule has 2 N–H and O–H groups in total. The normalized spacial score (nSPS) is 24.2. The summed E-state index contributed by atoms with van der Waals surface area (Å²) < 4.78 is 0. The van der Waals surface area contributed by atoms with E-state index < -0.39 is 0 Å². The molecule has 0 aromatic heterocycles. The van der Waals surface area contributed by atoms with Gasteiger partial charge < -0.3 is 10.6 Å². The van der Waals surface area contributed by atoms with E-state index in [1.165, 1.54) is 22.4 Å². The van der Waals surface area contributed by atoms with E-state index in [9.17, 15) is 4.79 Å². The lowest BCUT2D eigenvalue weighted by atomic mass is 9.72. The van der Waals surface area contributed by atoms with Gasteiger partial charge in [-0.05, 0) is 52.5 Å². The average Bonchev–Trinajstić information content (AvgIpc) is 3.13. The molecule has 2 unspecified atom stereocenters. The van der Waals surface area contributed by atoms with Gasteiger partial charge in [0.25, 0.3) is 0 Å². The number of anilines is 1. The lowest BCUT2D eigenvalue weighted by Crippen LogP contribution is -2.35. The van der Waals surface area contributed by atoms with Gasteiger partial charge in [0.05, 0.1) is 12.0 Å². The van der Waals surface area contributed by atoms with Gasteiger partial charge >= 0.3 is 0 Å². The highest BCUT2D eigenvalue weighted by molar-refractivity contribution is 5.86. The summed E-state index contributed by atoms with van der Waals surface area (Å²) in [5.74, 6) is 0.330. The molecule has 3 aromatic rings. The number of nitrogens with one attached hydrogen (secondary N) is 2. The van der Waals surface area contributed by atoms with Gasteiger partial charge in [-0.25, -0.2) is 0 Å². The van der Waals surface area contributed by atoms with E-state index in [1.807, 2.05) is 6.07 Å². The highest BCUT2D eigenvalue weighted by atomic mass is 16.2. The lowest BCUT2D eigenvalue weighted by Gasteiger charge is -2.41. The van der Waals surface area contributed by atoms with E-state index >= 15 is 0 Å². The monoisotopic (exact) mass is 410 g/mol. The molecule has 3 aromatic carbocycles. The largest absolute Gasteiger partial charge is 0.377 e. The molecule has 2 heterocycles. The van der Waals surface area contributed by atoms with Crippen molar-refractivity contribution >= 4 is 11.6 Å². The second-order valence-electron chi connectivity index (χ2n) is 9.74. The molecular weight excluding hydrogens is 380 g/mol. The number of para-hydroxylation sites is 1. The van der Waals surface area contributed by atoms with Gasteiger partial charge in [0, 0.05) is 12.2 Å². The Morgan fingerprint density at radius 3 is 2.48 bits per heavy atom. The third kappa shape index (κ3) is 3.85. The van der Waals surface area contributed by atoms with Crippen molar-refractivity contribution in [2.75, 3.05) is 11.9 Å². The summed E-state index contributed by atoms with van der Waals surface area (Å²) in [4.78, 5) is 12.8. The molecule has 158 valence electrons. The minimum atomic E-state index is -0.0980. The molecule has 3 heteroatoms. The van der Waals surface area contributed by atoms with Crippen molar-refractivity contribution in [2.45, 2.75) is 38.6 Å². The first kappa shape index (κ1) is 19.9. The smallest absolute Gasteiger partial charge is 0.227 e. The summed E-state index contributed by atoms with van der Waals surface area (Å²) in [6.07, 6.45) is 1.95. The quantitative estimate of drug-likeness (QED) is 0.597. The standard InChI is InChI=1S/C28H30N2O/c1-28(2)17-22-11-6-7-14-24(22)30-26(28)21-13-8-12-20(16-21)25-23(18-29-27(25)31)15-19-9-4-3-5-10-19/h3-14,16,23,25-26,30H,15,17-18H2,1-2H3,(H,29,31)/t23?,25-,26?/m0/s1. The number of carbonyl (C=O) groups excluding carboxylic acids is 1. The number of benzene rings is 3. The Balaban J connectivity index is 1.45. The Morgan fingerprint density at radius 2 is 1.65 bits per heavy atom. The molecule has 3 atom stereocenters. The second-order valence-corrected chi connectivity index (χ2v) is 9.74. The molecule has 0 bridgehead atoms. The number of fused-ring (bicyclic) bond motifs is 1. The van der Waals surface area contributed by atoms with Crippen LogP contribution in [0.4, 0.5) is 5.69 Å². The molecule has 1 fully saturated rings. The van der Waals surface area contributed by atoms with Gasteiger partial charge in [0.2, 0.25) is 5.91 Å². The van der Waals surface area contributed by atoms with Gasteiger partial charge in [0.1, 0.15) is 0 Å². The molecular formula is C28H30N2O. The van der Waals surface area contributed by atoms with Crippen molar-refractivity contribution in [3.8, 4) is 0 Å². The molecule has 3 nitrogen and oxygen atoms in total. The average molecular weight is 411 g/mol. The zero-order valence-electron chi connectivity index (χ0n) is 18.3. The van der Waals surface area contributed by atoms with E-state index in [-0.39, 0.29) is 29.2 Å². The summed E-state index contributed by atoms with van der Waals surface area (Å²) in [5.41, 5.74) is 6.35. The Bertz CT molecular complexity index is 1090. The molecule has 1 saturated heterocycles. The van der Waals surface area contributed by atoms with Gasteiger partial charge in [-0.1, -0.05) is 86.6 Å². The summed E-state index contributed by atoms with van der Waals surface area (Å²) in [6.45, 7) is 5.39. The van der Waals surface area contributed by atoms with Gasteiger partial charge in [-0.3, -0.25) is 4.79 Å². The maximum atomic E-state index is 12.8. The molecule has 0 spiro atoms. The zero-order valence-corrected chi connectivity index (χ0v) is 18.3. The van der Waals surface area contributed by atoms with Gasteiger partial charge in [0.15, 0.2) is 0 Å². The lowest BCUT2D eigenvalue weighted by molar-refractivity contribution is -0.120. The summed E-state index contributed by atoms with van der Waals surface area (Å²) >= 11 is 0. The van der Waals surface area contributed by atoms with Crippen molar-refractivity contribution < 1.29 is 4.79 Å². The molecule has 31 heavy (non-hydrogen) atoms. The number of rotatable bonds is 4. The predicted octanol–water partition coefficient (Wildman–Crippen LogP) is 5.49. The van der Waals surface area contributed by atoms with Crippen LogP contribution in [0.15, 0.2) is 78.9 Å². The highest BCUT2D eigenvalue weighted by Crippen LogP contribution is 2.45. The van der Waals surface area contributed by atoms with E-state index in [2.05, 4.69) is 97.3 Å². The van der Waals surface area contributed by atoms with Crippen LogP contribution in [-0.4, -0.2) is 12.5 Å². The summed E-state index contributed by atoms with van der Waals surface area (Å²) in [5, 5.41) is 6.90. The highest BCUT2D eigenvalue weighted by Gasteiger charge is 2.38. The van der Waals surface area contributed by atoms with Crippen LogP contribution in [0.2, 0.25) is 0 Å². The molecule has 0 radical (unpaired) electrons. The fourth-order valence-corrected chi connectivity index (χ4v) is 5.43. The number of hydrogen-bond acceptors (Lipinski definition) is 2. The van der Waals surface area contributed by atoms with Gasteiger partial charge in [-0.2, -0.15) is 0 Å². The zero-order chi connectivity index (χ0) is 21.4. The van der Waals surface area contributed by atoms with Crippen LogP contribution in [0, 0.1) is 11.3 Å². The minimum Gasteiger partial charge on any atom is -0.377 e. The van der Waals surface area contributed by atoms with Crippen molar-refractivity contribution in [3.05, 3.63) is 101 Å². The molecule has 2 aliphatic rings. The minimum absolute atomic E-state index is 0.0777. The fourth-order valence-electron chi connectivity index (χ4n) is 5.43. The summed E-state index contributed by atoms with van der Waals surface area (Å²) in [6, 6.07) is 28.0. The van der Waals surface area contributed by atoms with Crippen LogP contribution in [0.3, 0.4) is 0 Å². The predicted molar refractivity (Wildman–Crippen MR) is 126 cm³/mol. The van der Waals surface area contributed by atoms with Crippen molar-refractivity contribution in [1.82, 2.24) is 5.32 Å². The van der Waals surface area contributed by atoms with E-state index in [4.69, 9.17) is 0 Å². The van der Waals surface area contributed by atoms with Crippen LogP contribution >= 0.6 is 0 Å². The van der Waals surface area contributed by atoms with Crippen LogP contribution in [0.5, 0.6) is 0 Å². The van der Waals surface area contributed by atoms with Crippen molar-refractivity contribution in [2.24, 2.45) is 11.3 Å². The third-order valence-corrected chi connectivity index (χ3v) is 6.98. The maximum absolute atomic E-state index is 12.8. The topological polar surface area (TPSA) is 41.1 Å². The van der Waals surface area contributed by atoms with E-state index in [0.29, 0.717) is 0 Å². The molecule has 2 aliphatic heterocycles. The molecule has 5 rings (SSSR count). The second kappa shape index (κ2) is 7.88. The van der Waals surface area contributed by atoms with Crippen LogP contribution in [-0.2, 0) is 17.6 Å². The number of carbonyl (C=O) groups is 1. The van der Waals surface area contributed by atoms with E-state index in [1.54, 1.807) is 0 Å². The first-order valence-corrected chi connectivity index (χ1v) is 11.3. The SMILES string of the molecule is CC1(C)Cc2ccccc2NC1c1cccc([C@@H]2C(=O)NCC2Cc2ccccc2)c1. The summed E-state index contributed by atoms with van der Waals surface area (Å²) in [7, 11) is 0. The molecule has 0 saturated carbocycles. The molecule has 1 amide bonds. The number of hydrogen-bond donors (Lipinski definition) is 2. The Labute approximate surface area is 184 Å². The first-order chi connectivity index (χ1) is 15.0. The molecule has 0 aliphatic carbocycles. The van der Waals surface area contributed by atoms with Crippen LogP contribution < -0.4 is 10.6 Å². The van der Waals surface area contributed by atoms with Crippen LogP contribution in [0.1, 0.15) is 48.1 Å². The van der Waals surface area contributed by atoms with Crippen molar-refractivity contribution in [3.63, 3.8) is 0 Å².